The summed E-state index contributed by atoms with van der Waals surface area (Å²) in [5.41, 5.74) is 1.88. The van der Waals surface area contributed by atoms with Gasteiger partial charge < -0.3 is 9.64 Å². The van der Waals surface area contributed by atoms with Gasteiger partial charge in [0.1, 0.15) is 5.75 Å². The van der Waals surface area contributed by atoms with E-state index in [9.17, 15) is 4.79 Å². The molecule has 2 aromatic rings. The number of hydrogen-bond acceptors (Lipinski definition) is 6. The minimum absolute atomic E-state index is 0.132. The van der Waals surface area contributed by atoms with Crippen molar-refractivity contribution in [2.24, 2.45) is 0 Å². The van der Waals surface area contributed by atoms with Crippen LogP contribution < -0.4 is 4.74 Å². The highest BCUT2D eigenvalue weighted by molar-refractivity contribution is 7.09. The number of pyridine rings is 1. The molecule has 7 heteroatoms. The molecule has 2 aromatic heterocycles. The Morgan fingerprint density at radius 2 is 2.16 bits per heavy atom. The maximum Gasteiger partial charge on any atom is 0.228 e. The van der Waals surface area contributed by atoms with Gasteiger partial charge in [-0.05, 0) is 19.4 Å². The molecule has 0 aromatic carbocycles. The molecule has 0 N–H and O–H groups in total. The van der Waals surface area contributed by atoms with Crippen LogP contribution in [0.5, 0.6) is 5.75 Å². The molecule has 0 atom stereocenters. The molecule has 0 spiro atoms. The maximum atomic E-state index is 12.6. The van der Waals surface area contributed by atoms with Gasteiger partial charge in [-0.25, -0.2) is 4.98 Å². The molecule has 0 saturated carbocycles. The molecular formula is C18H24N4O2S. The molecule has 1 aliphatic heterocycles. The van der Waals surface area contributed by atoms with Gasteiger partial charge in [-0.3, -0.25) is 14.7 Å². The zero-order chi connectivity index (χ0) is 17.6. The normalized spacial score (nSPS) is 15.8. The summed E-state index contributed by atoms with van der Waals surface area (Å²) in [6.45, 7) is 6.33. The second-order valence-corrected chi connectivity index (χ2v) is 7.29. The van der Waals surface area contributed by atoms with Crippen molar-refractivity contribution in [3.8, 4) is 5.75 Å². The Kier molecular flexibility index (Phi) is 5.99. The molecule has 134 valence electrons. The molecule has 1 saturated heterocycles. The van der Waals surface area contributed by atoms with Crippen molar-refractivity contribution in [1.29, 1.82) is 0 Å². The zero-order valence-electron chi connectivity index (χ0n) is 14.8. The van der Waals surface area contributed by atoms with Crippen LogP contribution >= 0.6 is 11.3 Å². The monoisotopic (exact) mass is 360 g/mol. The number of rotatable bonds is 5. The van der Waals surface area contributed by atoms with Crippen molar-refractivity contribution in [3.63, 3.8) is 0 Å². The van der Waals surface area contributed by atoms with Crippen LogP contribution in [0.2, 0.25) is 0 Å². The smallest absolute Gasteiger partial charge is 0.228 e. The first-order valence-corrected chi connectivity index (χ1v) is 9.42. The van der Waals surface area contributed by atoms with Crippen LogP contribution in [0.25, 0.3) is 0 Å². The molecule has 1 aliphatic rings. The van der Waals surface area contributed by atoms with Crippen molar-refractivity contribution in [2.45, 2.75) is 26.3 Å². The minimum Gasteiger partial charge on any atom is -0.497 e. The lowest BCUT2D eigenvalue weighted by molar-refractivity contribution is -0.130. The number of aryl methyl sites for hydroxylation is 1. The van der Waals surface area contributed by atoms with Gasteiger partial charge in [0.05, 0.1) is 29.9 Å². The second-order valence-electron chi connectivity index (χ2n) is 6.23. The average Bonchev–Trinajstić information content (AvgIpc) is 2.88. The summed E-state index contributed by atoms with van der Waals surface area (Å²) >= 11 is 1.69. The molecular weight excluding hydrogens is 336 g/mol. The fourth-order valence-electron chi connectivity index (χ4n) is 3.03. The quantitative estimate of drug-likeness (QED) is 0.818. The molecule has 3 rings (SSSR count). The molecule has 1 amide bonds. The summed E-state index contributed by atoms with van der Waals surface area (Å²) in [6, 6.07) is 3.62. The third-order valence-electron chi connectivity index (χ3n) is 4.35. The van der Waals surface area contributed by atoms with Crippen molar-refractivity contribution in [1.82, 2.24) is 19.8 Å². The molecule has 25 heavy (non-hydrogen) atoms. The number of carbonyl (C=O) groups excluding carboxylic acids is 1. The van der Waals surface area contributed by atoms with Gasteiger partial charge in [-0.2, -0.15) is 0 Å². The summed E-state index contributed by atoms with van der Waals surface area (Å²) in [5, 5.41) is 3.23. The Morgan fingerprint density at radius 1 is 1.28 bits per heavy atom. The number of hydrogen-bond donors (Lipinski definition) is 0. The highest BCUT2D eigenvalue weighted by Crippen LogP contribution is 2.14. The van der Waals surface area contributed by atoms with E-state index in [1.54, 1.807) is 30.7 Å². The van der Waals surface area contributed by atoms with Gasteiger partial charge in [-0.1, -0.05) is 0 Å². The summed E-state index contributed by atoms with van der Waals surface area (Å²) in [6.07, 6.45) is 2.99. The van der Waals surface area contributed by atoms with Crippen LogP contribution in [0.3, 0.4) is 0 Å². The highest BCUT2D eigenvalue weighted by atomic mass is 32.1. The summed E-state index contributed by atoms with van der Waals surface area (Å²) in [4.78, 5) is 25.7. The van der Waals surface area contributed by atoms with Crippen LogP contribution in [0.1, 0.15) is 22.8 Å². The number of carbonyl (C=O) groups is 1. The number of thiazole rings is 1. The first kappa shape index (κ1) is 17.8. The van der Waals surface area contributed by atoms with Crippen LogP contribution in [-0.2, 0) is 17.8 Å². The predicted molar refractivity (Wildman–Crippen MR) is 97.8 cm³/mol. The number of ether oxygens (including phenoxy) is 1. The lowest BCUT2D eigenvalue weighted by Crippen LogP contribution is -2.36. The number of nitrogens with zero attached hydrogens (tertiary/aromatic N) is 4. The van der Waals surface area contributed by atoms with E-state index in [0.717, 1.165) is 61.3 Å². The van der Waals surface area contributed by atoms with Gasteiger partial charge >= 0.3 is 0 Å². The fourth-order valence-corrected chi connectivity index (χ4v) is 3.64. The van der Waals surface area contributed by atoms with Crippen molar-refractivity contribution >= 4 is 17.2 Å². The maximum absolute atomic E-state index is 12.6. The first-order valence-electron chi connectivity index (χ1n) is 8.54. The molecule has 1 fully saturated rings. The van der Waals surface area contributed by atoms with Gasteiger partial charge in [0, 0.05) is 50.4 Å². The Balaban J connectivity index is 1.54. The fraction of sp³-hybridized carbons (Fsp3) is 0.500. The number of aromatic nitrogens is 2. The third kappa shape index (κ3) is 4.99. The van der Waals surface area contributed by atoms with Crippen LogP contribution in [0.15, 0.2) is 23.7 Å². The second kappa shape index (κ2) is 8.40. The van der Waals surface area contributed by atoms with Gasteiger partial charge in [0.15, 0.2) is 0 Å². The van der Waals surface area contributed by atoms with E-state index in [4.69, 9.17) is 4.74 Å². The lowest BCUT2D eigenvalue weighted by Gasteiger charge is -2.21. The molecule has 0 radical (unpaired) electrons. The van der Waals surface area contributed by atoms with E-state index in [1.165, 1.54) is 0 Å². The van der Waals surface area contributed by atoms with E-state index in [1.807, 2.05) is 17.9 Å². The Hall–Kier alpha value is -1.99. The molecule has 3 heterocycles. The van der Waals surface area contributed by atoms with Crippen molar-refractivity contribution < 1.29 is 9.53 Å². The Bertz CT molecular complexity index is 719. The molecule has 0 aliphatic carbocycles. The highest BCUT2D eigenvalue weighted by Gasteiger charge is 2.20. The van der Waals surface area contributed by atoms with Gasteiger partial charge in [0.25, 0.3) is 0 Å². The minimum atomic E-state index is 0.132. The summed E-state index contributed by atoms with van der Waals surface area (Å²) in [5.74, 6) is 0.866. The van der Waals surface area contributed by atoms with E-state index < -0.39 is 0 Å². The SMILES string of the molecule is COc1ccnc(CC(=O)N2CCCN(Cc3csc(C)n3)CC2)c1. The summed E-state index contributed by atoms with van der Waals surface area (Å²) < 4.78 is 5.20. The zero-order valence-corrected chi connectivity index (χ0v) is 15.6. The van der Waals surface area contributed by atoms with E-state index in [-0.39, 0.29) is 5.91 Å². The van der Waals surface area contributed by atoms with E-state index >= 15 is 0 Å². The first-order chi connectivity index (χ1) is 12.1. The van der Waals surface area contributed by atoms with E-state index in [0.29, 0.717) is 6.42 Å². The van der Waals surface area contributed by atoms with Crippen LogP contribution in [0.4, 0.5) is 0 Å². The number of amides is 1. The van der Waals surface area contributed by atoms with E-state index in [2.05, 4.69) is 20.2 Å². The Morgan fingerprint density at radius 3 is 2.92 bits per heavy atom. The lowest BCUT2D eigenvalue weighted by atomic mass is 10.2. The summed E-state index contributed by atoms with van der Waals surface area (Å²) in [7, 11) is 1.62. The Labute approximate surface area is 152 Å². The number of methoxy groups -OCH3 is 1. The van der Waals surface area contributed by atoms with Crippen LogP contribution in [-0.4, -0.2) is 59.0 Å². The third-order valence-corrected chi connectivity index (χ3v) is 5.17. The largest absolute Gasteiger partial charge is 0.497 e. The average molecular weight is 360 g/mol. The van der Waals surface area contributed by atoms with Gasteiger partial charge in [-0.15, -0.1) is 11.3 Å². The van der Waals surface area contributed by atoms with Crippen LogP contribution in [0, 0.1) is 6.92 Å². The van der Waals surface area contributed by atoms with Crippen molar-refractivity contribution in [2.75, 3.05) is 33.3 Å². The topological polar surface area (TPSA) is 58.6 Å². The standard InChI is InChI=1S/C18H24N4O2S/c1-14-20-16(13-25-14)12-21-6-3-7-22(9-8-21)18(23)11-15-10-17(24-2)4-5-19-15/h4-5,10,13H,3,6-9,11-12H2,1-2H3. The van der Waals surface area contributed by atoms with Crippen molar-refractivity contribution in [3.05, 3.63) is 40.1 Å². The molecule has 6 nitrogen and oxygen atoms in total. The molecule has 0 bridgehead atoms. The molecule has 0 unspecified atom stereocenters. The van der Waals surface area contributed by atoms with Gasteiger partial charge in [0.2, 0.25) is 5.91 Å². The predicted octanol–water partition coefficient (Wildman–Crippen LogP) is 2.13.